The maximum absolute atomic E-state index is 12.9. The second-order valence-corrected chi connectivity index (χ2v) is 7.77. The number of imidazole rings is 1. The molecule has 0 radical (unpaired) electrons. The summed E-state index contributed by atoms with van der Waals surface area (Å²) in [7, 11) is 1.50. The topological polar surface area (TPSA) is 109 Å². The summed E-state index contributed by atoms with van der Waals surface area (Å²) in [5.74, 6) is 1.01. The van der Waals surface area contributed by atoms with E-state index in [1.54, 1.807) is 28.7 Å². The van der Waals surface area contributed by atoms with E-state index in [1.807, 2.05) is 24.3 Å². The normalized spacial score (nSPS) is 11.8. The van der Waals surface area contributed by atoms with Gasteiger partial charge >= 0.3 is 0 Å². The van der Waals surface area contributed by atoms with Crippen molar-refractivity contribution in [2.24, 2.45) is 0 Å². The summed E-state index contributed by atoms with van der Waals surface area (Å²) in [5.41, 5.74) is 2.05. The molecule has 0 amide bonds. The zero-order chi connectivity index (χ0) is 22.2. The Morgan fingerprint density at radius 3 is 2.72 bits per heavy atom. The summed E-state index contributed by atoms with van der Waals surface area (Å²) in [6, 6.07) is 15.4. The van der Waals surface area contributed by atoms with Crippen LogP contribution in [0.25, 0.3) is 22.1 Å². The number of hydrogen-bond acceptors (Lipinski definition) is 8. The number of thiazole rings is 1. The van der Waals surface area contributed by atoms with Crippen molar-refractivity contribution in [3.63, 3.8) is 0 Å². The second-order valence-electron chi connectivity index (χ2n) is 6.76. The van der Waals surface area contributed by atoms with Gasteiger partial charge in [0.2, 0.25) is 5.88 Å². The highest BCUT2D eigenvalue weighted by atomic mass is 32.1. The van der Waals surface area contributed by atoms with Gasteiger partial charge in [-0.15, -0.1) is 0 Å². The number of nitro groups is 1. The molecule has 10 heteroatoms. The van der Waals surface area contributed by atoms with E-state index in [0.29, 0.717) is 21.0 Å². The fourth-order valence-corrected chi connectivity index (χ4v) is 4.26. The lowest BCUT2D eigenvalue weighted by atomic mass is 10.2. The monoisotopic (exact) mass is 446 g/mol. The molecule has 3 heterocycles. The van der Waals surface area contributed by atoms with Crippen molar-refractivity contribution in [2.45, 2.75) is 0 Å². The molecule has 2 aromatic carbocycles. The third kappa shape index (κ3) is 3.42. The van der Waals surface area contributed by atoms with Gasteiger partial charge in [-0.1, -0.05) is 29.5 Å². The largest absolute Gasteiger partial charge is 0.493 e. The first-order valence-electron chi connectivity index (χ1n) is 9.41. The van der Waals surface area contributed by atoms with Gasteiger partial charge in [0.25, 0.3) is 11.2 Å². The van der Waals surface area contributed by atoms with Crippen LogP contribution in [0.4, 0.5) is 5.69 Å². The number of fused-ring (bicyclic) bond motifs is 3. The predicted molar refractivity (Wildman–Crippen MR) is 120 cm³/mol. The van der Waals surface area contributed by atoms with E-state index < -0.39 is 4.92 Å². The van der Waals surface area contributed by atoms with Crippen LogP contribution in [0.1, 0.15) is 5.56 Å². The minimum absolute atomic E-state index is 0.127. The Bertz CT molecular complexity index is 1590. The number of pyridine rings is 1. The van der Waals surface area contributed by atoms with Gasteiger partial charge < -0.3 is 9.47 Å². The molecule has 3 aromatic heterocycles. The van der Waals surface area contributed by atoms with Gasteiger partial charge in [-0.3, -0.25) is 14.9 Å². The lowest BCUT2D eigenvalue weighted by Crippen LogP contribution is -2.22. The van der Waals surface area contributed by atoms with Crippen molar-refractivity contribution in [3.8, 4) is 17.4 Å². The minimum Gasteiger partial charge on any atom is -0.493 e. The van der Waals surface area contributed by atoms with Gasteiger partial charge in [-0.05, 0) is 35.9 Å². The van der Waals surface area contributed by atoms with E-state index in [4.69, 9.17) is 9.47 Å². The third-order valence-corrected chi connectivity index (χ3v) is 5.75. The van der Waals surface area contributed by atoms with Crippen LogP contribution in [0.3, 0.4) is 0 Å². The van der Waals surface area contributed by atoms with Crippen molar-refractivity contribution in [1.29, 1.82) is 0 Å². The molecule has 0 saturated heterocycles. The number of benzene rings is 2. The Labute approximate surface area is 184 Å². The molecule has 0 bridgehead atoms. The molecule has 32 heavy (non-hydrogen) atoms. The van der Waals surface area contributed by atoms with Crippen molar-refractivity contribution in [1.82, 2.24) is 14.4 Å². The Balaban J connectivity index is 1.50. The summed E-state index contributed by atoms with van der Waals surface area (Å²) >= 11 is 1.32. The minimum atomic E-state index is -0.531. The molecular weight excluding hydrogens is 432 g/mol. The summed E-state index contributed by atoms with van der Waals surface area (Å²) < 4.78 is 13.3. The second kappa shape index (κ2) is 7.75. The van der Waals surface area contributed by atoms with Crippen molar-refractivity contribution < 1.29 is 14.4 Å². The lowest BCUT2D eigenvalue weighted by Gasteiger charge is -2.10. The maximum atomic E-state index is 12.9. The average molecular weight is 446 g/mol. The van der Waals surface area contributed by atoms with Crippen LogP contribution in [0.5, 0.6) is 17.4 Å². The van der Waals surface area contributed by atoms with Crippen LogP contribution in [0, 0.1) is 10.1 Å². The molecular formula is C22H14N4O5S. The molecule has 158 valence electrons. The zero-order valence-electron chi connectivity index (χ0n) is 16.6. The number of methoxy groups -OCH3 is 1. The first-order chi connectivity index (χ1) is 15.5. The highest BCUT2D eigenvalue weighted by molar-refractivity contribution is 7.15. The third-order valence-electron chi connectivity index (χ3n) is 4.78. The van der Waals surface area contributed by atoms with Crippen LogP contribution < -0.4 is 19.6 Å². The number of nitrogens with zero attached hydrogens (tertiary/aromatic N) is 4. The fraction of sp³-hybridized carbons (Fsp3) is 0.0455. The molecule has 0 saturated carbocycles. The summed E-state index contributed by atoms with van der Waals surface area (Å²) in [5, 5.41) is 10.8. The van der Waals surface area contributed by atoms with Gasteiger partial charge in [0, 0.05) is 12.1 Å². The molecule has 0 fully saturated rings. The van der Waals surface area contributed by atoms with Crippen LogP contribution in [-0.2, 0) is 0 Å². The molecule has 0 aliphatic heterocycles. The first-order valence-corrected chi connectivity index (χ1v) is 10.2. The van der Waals surface area contributed by atoms with E-state index >= 15 is 0 Å². The smallest absolute Gasteiger partial charge is 0.287 e. The molecule has 0 aliphatic carbocycles. The Morgan fingerprint density at radius 2 is 1.97 bits per heavy atom. The van der Waals surface area contributed by atoms with E-state index in [0.717, 1.165) is 22.8 Å². The van der Waals surface area contributed by atoms with Gasteiger partial charge in [-0.25, -0.2) is 14.4 Å². The van der Waals surface area contributed by atoms with E-state index in [-0.39, 0.29) is 17.1 Å². The lowest BCUT2D eigenvalue weighted by molar-refractivity contribution is -0.385. The van der Waals surface area contributed by atoms with Gasteiger partial charge in [0.1, 0.15) is 6.20 Å². The molecule has 0 N–H and O–H groups in total. The number of aromatic nitrogens is 3. The SMILES string of the molecule is COc1cc(/C=c2\sc3nc4ccccc4n3c2=O)ccc1Oc1ccc([N+](=O)[O-])cn1. The van der Waals surface area contributed by atoms with Crippen molar-refractivity contribution in [2.75, 3.05) is 7.11 Å². The average Bonchev–Trinajstić information content (AvgIpc) is 3.31. The van der Waals surface area contributed by atoms with Gasteiger partial charge in [0.15, 0.2) is 16.5 Å². The molecule has 0 aliphatic rings. The molecule has 0 atom stereocenters. The zero-order valence-corrected chi connectivity index (χ0v) is 17.4. The van der Waals surface area contributed by atoms with Crippen LogP contribution in [0.2, 0.25) is 0 Å². The Morgan fingerprint density at radius 1 is 1.12 bits per heavy atom. The highest BCUT2D eigenvalue weighted by Gasteiger charge is 2.12. The summed E-state index contributed by atoms with van der Waals surface area (Å²) in [6.45, 7) is 0. The summed E-state index contributed by atoms with van der Waals surface area (Å²) in [4.78, 5) is 32.3. The van der Waals surface area contributed by atoms with Crippen LogP contribution >= 0.6 is 11.3 Å². The van der Waals surface area contributed by atoms with Crippen molar-refractivity contribution in [3.05, 3.63) is 91.4 Å². The Kier molecular flexibility index (Phi) is 4.75. The molecule has 5 aromatic rings. The molecule has 5 rings (SSSR count). The van der Waals surface area contributed by atoms with E-state index in [2.05, 4.69) is 9.97 Å². The highest BCUT2D eigenvalue weighted by Crippen LogP contribution is 2.32. The van der Waals surface area contributed by atoms with E-state index in [1.165, 1.54) is 30.6 Å². The van der Waals surface area contributed by atoms with E-state index in [9.17, 15) is 14.9 Å². The standard InChI is InChI=1S/C22H14N4O5S/c1-30-18-10-13(6-8-17(18)31-20-9-7-14(12-23-20)26(28)29)11-19-21(27)25-16-5-3-2-4-15(16)24-22(25)32-19/h2-12H,1H3/b19-11-. The maximum Gasteiger partial charge on any atom is 0.287 e. The molecule has 0 unspecified atom stereocenters. The van der Waals surface area contributed by atoms with Gasteiger partial charge in [0.05, 0.1) is 27.6 Å². The number of ether oxygens (including phenoxy) is 2. The number of hydrogen-bond donors (Lipinski definition) is 0. The van der Waals surface area contributed by atoms with Crippen molar-refractivity contribution >= 4 is 39.1 Å². The van der Waals surface area contributed by atoms with Crippen LogP contribution in [0.15, 0.2) is 65.6 Å². The number of rotatable bonds is 5. The number of para-hydroxylation sites is 2. The van der Waals surface area contributed by atoms with Gasteiger partial charge in [-0.2, -0.15) is 0 Å². The molecule has 9 nitrogen and oxygen atoms in total. The fourth-order valence-electron chi connectivity index (χ4n) is 3.28. The predicted octanol–water partition coefficient (Wildman–Crippen LogP) is 3.56. The van der Waals surface area contributed by atoms with Crippen LogP contribution in [-0.4, -0.2) is 26.4 Å². The first kappa shape index (κ1) is 19.6. The Hall–Kier alpha value is -4.31. The quantitative estimate of drug-likeness (QED) is 0.300. The molecule has 0 spiro atoms. The summed E-state index contributed by atoms with van der Waals surface area (Å²) in [6.07, 6.45) is 2.89.